The molecule has 1 atom stereocenters. The second-order valence-corrected chi connectivity index (χ2v) is 11.3. The van der Waals surface area contributed by atoms with Gasteiger partial charge in [-0.3, -0.25) is 0 Å². The number of ether oxygens (including phenoxy) is 1. The molecule has 2 aromatic carbocycles. The fraction of sp³-hybridized carbons (Fsp3) is 0.576. The maximum absolute atomic E-state index is 15.0. The van der Waals surface area contributed by atoms with E-state index in [2.05, 4.69) is 13.8 Å². The van der Waals surface area contributed by atoms with Crippen molar-refractivity contribution in [3.8, 4) is 16.9 Å². The summed E-state index contributed by atoms with van der Waals surface area (Å²) in [5.74, 6) is -1.48. The minimum Gasteiger partial charge on any atom is -0.426 e. The molecule has 0 N–H and O–H groups in total. The SMILES string of the molecule is CCCCCC1CCC(C2CC=C(C(F)(F)Oc3ccc(-c4ccc(CCC)cc4)c(F)c3F)CC2)CC1. The van der Waals surface area contributed by atoms with Crippen LogP contribution in [0.4, 0.5) is 17.6 Å². The molecule has 38 heavy (non-hydrogen) atoms. The number of hydrogen-bond acceptors (Lipinski definition) is 1. The Morgan fingerprint density at radius 3 is 2.18 bits per heavy atom. The molecule has 0 spiro atoms. The number of hydrogen-bond donors (Lipinski definition) is 0. The molecular weight excluding hydrogens is 488 g/mol. The largest absolute Gasteiger partial charge is 0.426 e. The van der Waals surface area contributed by atoms with E-state index in [9.17, 15) is 8.78 Å². The third-order valence-corrected chi connectivity index (χ3v) is 8.69. The van der Waals surface area contributed by atoms with Crippen LogP contribution >= 0.6 is 0 Å². The molecule has 2 aliphatic rings. The molecule has 1 unspecified atom stereocenters. The molecular formula is C33H42F4O. The zero-order valence-corrected chi connectivity index (χ0v) is 22.9. The summed E-state index contributed by atoms with van der Waals surface area (Å²) in [6.07, 6.45) is 11.4. The molecule has 0 aromatic heterocycles. The van der Waals surface area contributed by atoms with Crippen LogP contribution in [0.2, 0.25) is 0 Å². The van der Waals surface area contributed by atoms with Crippen LogP contribution in [-0.2, 0) is 6.42 Å². The second kappa shape index (κ2) is 13.2. The summed E-state index contributed by atoms with van der Waals surface area (Å²) >= 11 is 0. The van der Waals surface area contributed by atoms with Crippen LogP contribution in [0, 0.1) is 29.4 Å². The van der Waals surface area contributed by atoms with Gasteiger partial charge in [0.2, 0.25) is 5.82 Å². The van der Waals surface area contributed by atoms with Crippen LogP contribution in [0.5, 0.6) is 5.75 Å². The summed E-state index contributed by atoms with van der Waals surface area (Å²) in [6.45, 7) is 4.30. The fourth-order valence-corrected chi connectivity index (χ4v) is 6.36. The van der Waals surface area contributed by atoms with E-state index in [-0.39, 0.29) is 17.6 Å². The van der Waals surface area contributed by atoms with Gasteiger partial charge < -0.3 is 4.74 Å². The van der Waals surface area contributed by atoms with Crippen LogP contribution in [-0.4, -0.2) is 6.11 Å². The highest BCUT2D eigenvalue weighted by molar-refractivity contribution is 5.65. The van der Waals surface area contributed by atoms with Gasteiger partial charge in [-0.1, -0.05) is 89.1 Å². The molecule has 0 bridgehead atoms. The lowest BCUT2D eigenvalue weighted by Gasteiger charge is -2.36. The van der Waals surface area contributed by atoms with Crippen molar-refractivity contribution in [2.45, 2.75) is 103 Å². The van der Waals surface area contributed by atoms with Gasteiger partial charge >= 0.3 is 6.11 Å². The monoisotopic (exact) mass is 530 g/mol. The zero-order valence-electron chi connectivity index (χ0n) is 22.9. The van der Waals surface area contributed by atoms with Gasteiger partial charge in [0, 0.05) is 11.1 Å². The highest BCUT2D eigenvalue weighted by atomic mass is 19.3. The molecule has 0 aliphatic heterocycles. The first-order valence-corrected chi connectivity index (χ1v) is 14.7. The molecule has 0 saturated heterocycles. The Morgan fingerprint density at radius 2 is 1.55 bits per heavy atom. The molecule has 5 heteroatoms. The van der Waals surface area contributed by atoms with Crippen LogP contribution < -0.4 is 4.74 Å². The van der Waals surface area contributed by atoms with Crippen LogP contribution in [0.3, 0.4) is 0 Å². The van der Waals surface area contributed by atoms with Crippen molar-refractivity contribution in [3.63, 3.8) is 0 Å². The molecule has 2 aromatic rings. The smallest absolute Gasteiger partial charge is 0.422 e. The first kappa shape index (κ1) is 28.7. The highest BCUT2D eigenvalue weighted by Crippen LogP contribution is 2.44. The molecule has 1 saturated carbocycles. The predicted molar refractivity (Wildman–Crippen MR) is 146 cm³/mol. The first-order valence-electron chi connectivity index (χ1n) is 14.7. The van der Waals surface area contributed by atoms with E-state index in [0.29, 0.717) is 30.2 Å². The number of allylic oxidation sites excluding steroid dienone is 1. The van der Waals surface area contributed by atoms with Crippen molar-refractivity contribution in [1.82, 2.24) is 0 Å². The minimum absolute atomic E-state index is 0.0287. The molecule has 1 nitrogen and oxygen atoms in total. The van der Waals surface area contributed by atoms with E-state index < -0.39 is 23.5 Å². The number of unbranched alkanes of at least 4 members (excludes halogenated alkanes) is 2. The van der Waals surface area contributed by atoms with Gasteiger partial charge in [0.1, 0.15) is 0 Å². The Bertz CT molecular complexity index is 1070. The summed E-state index contributed by atoms with van der Waals surface area (Å²) in [6, 6.07) is 9.60. The number of benzene rings is 2. The van der Waals surface area contributed by atoms with Gasteiger partial charge in [-0.15, -0.1) is 0 Å². The van der Waals surface area contributed by atoms with E-state index in [0.717, 1.165) is 30.4 Å². The van der Waals surface area contributed by atoms with E-state index in [1.54, 1.807) is 18.2 Å². The summed E-state index contributed by atoms with van der Waals surface area (Å²) < 4.78 is 64.6. The first-order chi connectivity index (χ1) is 18.3. The molecule has 0 amide bonds. The molecule has 208 valence electrons. The summed E-state index contributed by atoms with van der Waals surface area (Å²) in [4.78, 5) is 0. The molecule has 1 fully saturated rings. The molecule has 4 rings (SSSR count). The fourth-order valence-electron chi connectivity index (χ4n) is 6.36. The summed E-state index contributed by atoms with van der Waals surface area (Å²) in [5, 5.41) is 0. The zero-order chi connectivity index (χ0) is 27.1. The van der Waals surface area contributed by atoms with Crippen molar-refractivity contribution < 1.29 is 22.3 Å². The Hall–Kier alpha value is -2.30. The normalized spacial score (nSPS) is 22.3. The van der Waals surface area contributed by atoms with Crippen molar-refractivity contribution in [1.29, 1.82) is 0 Å². The van der Waals surface area contributed by atoms with Gasteiger partial charge in [-0.25, -0.2) is 4.39 Å². The number of halogens is 4. The van der Waals surface area contributed by atoms with Crippen LogP contribution in [0.15, 0.2) is 48.0 Å². The maximum atomic E-state index is 15.0. The second-order valence-electron chi connectivity index (χ2n) is 11.3. The number of aryl methyl sites for hydroxylation is 1. The third kappa shape index (κ3) is 7.01. The molecule has 0 radical (unpaired) electrons. The van der Waals surface area contributed by atoms with Gasteiger partial charge in [0.15, 0.2) is 11.6 Å². The average Bonchev–Trinajstić information content (AvgIpc) is 2.93. The van der Waals surface area contributed by atoms with E-state index >= 15 is 8.78 Å². The predicted octanol–water partition coefficient (Wildman–Crippen LogP) is 10.7. The summed E-state index contributed by atoms with van der Waals surface area (Å²) in [7, 11) is 0. The Labute approximate surface area is 225 Å². The van der Waals surface area contributed by atoms with Crippen molar-refractivity contribution >= 4 is 0 Å². The van der Waals surface area contributed by atoms with Crippen LogP contribution in [0.1, 0.15) is 96.5 Å². The van der Waals surface area contributed by atoms with Crippen molar-refractivity contribution in [3.05, 3.63) is 65.2 Å². The van der Waals surface area contributed by atoms with E-state index in [1.165, 1.54) is 57.4 Å². The maximum Gasteiger partial charge on any atom is 0.422 e. The lowest BCUT2D eigenvalue weighted by molar-refractivity contribution is -0.147. The minimum atomic E-state index is -3.67. The van der Waals surface area contributed by atoms with Crippen molar-refractivity contribution in [2.24, 2.45) is 17.8 Å². The Kier molecular flexibility index (Phi) is 9.95. The lowest BCUT2D eigenvalue weighted by atomic mass is 9.70. The molecule has 2 aliphatic carbocycles. The van der Waals surface area contributed by atoms with Crippen molar-refractivity contribution in [2.75, 3.05) is 0 Å². The van der Waals surface area contributed by atoms with Crippen LogP contribution in [0.25, 0.3) is 11.1 Å². The number of alkyl halides is 2. The number of rotatable bonds is 11. The lowest BCUT2D eigenvalue weighted by Crippen LogP contribution is -2.31. The highest BCUT2D eigenvalue weighted by Gasteiger charge is 2.40. The topological polar surface area (TPSA) is 9.23 Å². The Morgan fingerprint density at radius 1 is 0.816 bits per heavy atom. The van der Waals surface area contributed by atoms with Gasteiger partial charge in [-0.2, -0.15) is 13.2 Å². The quantitative estimate of drug-likeness (QED) is 0.159. The van der Waals surface area contributed by atoms with E-state index in [1.807, 2.05) is 12.1 Å². The standard InChI is InChI=1S/C33H42F4O/c1-3-5-6-8-24-9-13-25(14-10-24)26-17-19-28(20-18-26)33(36,37)38-30-22-21-29(31(34)32(30)35)27-15-11-23(7-4-2)12-16-27/h11-12,15-16,19,21-22,24-26H,3-10,13-14,17-18,20H2,1-2H3. The third-order valence-electron chi connectivity index (χ3n) is 8.69. The summed E-state index contributed by atoms with van der Waals surface area (Å²) in [5.41, 5.74) is 1.50. The average molecular weight is 531 g/mol. The molecule has 0 heterocycles. The Balaban J connectivity index is 1.35. The van der Waals surface area contributed by atoms with Gasteiger partial charge in [0.25, 0.3) is 0 Å². The van der Waals surface area contributed by atoms with Gasteiger partial charge in [0.05, 0.1) is 0 Å². The van der Waals surface area contributed by atoms with Gasteiger partial charge in [-0.05, 0) is 79.5 Å². The van der Waals surface area contributed by atoms with E-state index in [4.69, 9.17) is 4.74 Å².